The summed E-state index contributed by atoms with van der Waals surface area (Å²) in [6, 6.07) is 12.0. The van der Waals surface area contributed by atoms with Gasteiger partial charge in [0.25, 0.3) is 0 Å². The SMILES string of the molecule is CCCCNC(=O)OCCCC(C)(C)CN(C[C@@H](O)[C@H](Cc1ccccc1)N(C(=O)O)[C@H]1CO[C@H]2OCC[C@H]21)S(=O)(=O)c1ccc2c(c1)OCO2. The first-order chi connectivity index (χ1) is 24.4. The largest absolute Gasteiger partial charge is 0.465 e. The van der Waals surface area contributed by atoms with Gasteiger partial charge in [-0.05, 0) is 55.2 Å². The van der Waals surface area contributed by atoms with Gasteiger partial charge in [0, 0.05) is 31.6 Å². The van der Waals surface area contributed by atoms with Crippen LogP contribution in [0.5, 0.6) is 11.5 Å². The highest BCUT2D eigenvalue weighted by Gasteiger charge is 2.49. The van der Waals surface area contributed by atoms with Crippen LogP contribution in [0.25, 0.3) is 0 Å². The van der Waals surface area contributed by atoms with Gasteiger partial charge < -0.3 is 39.2 Å². The van der Waals surface area contributed by atoms with Crippen LogP contribution in [-0.2, 0) is 30.7 Å². The molecule has 2 fully saturated rings. The molecule has 2 amide bonds. The topological polar surface area (TPSA) is 173 Å². The number of hydrogen-bond donors (Lipinski definition) is 3. The Hall–Kier alpha value is -3.63. The zero-order valence-corrected chi connectivity index (χ0v) is 30.4. The van der Waals surface area contributed by atoms with Crippen molar-refractivity contribution in [2.45, 2.75) is 88.7 Å². The first kappa shape index (κ1) is 38.6. The maximum Gasteiger partial charge on any atom is 0.407 e. The van der Waals surface area contributed by atoms with E-state index in [0.717, 1.165) is 18.4 Å². The standard InChI is InChI=1S/C36H51N3O11S/c1-4-5-16-37-34(41)47-17-9-15-36(2,3)23-38(51(44,45)26-12-13-31-32(20-26)50-24-49-31)21-30(40)28(19-25-10-7-6-8-11-25)39(35(42)43)29-22-48-33-27(29)14-18-46-33/h6-8,10-13,20,27-30,33,40H,4-5,9,14-19,21-24H2,1-3H3,(H,37,41)(H,42,43)/t27-,28-,29-,30+,33+/m0/s1. The number of ether oxygens (including phenoxy) is 5. The first-order valence-electron chi connectivity index (χ1n) is 17.7. The third-order valence-electron chi connectivity index (χ3n) is 9.68. The van der Waals surface area contributed by atoms with Crippen LogP contribution in [-0.4, -0.2) is 111 Å². The number of aliphatic hydroxyl groups is 1. The molecule has 5 atom stereocenters. The second-order valence-corrected chi connectivity index (χ2v) is 16.0. The molecular formula is C36H51N3O11S. The van der Waals surface area contributed by atoms with Gasteiger partial charge in [0.05, 0.1) is 42.9 Å². The highest BCUT2D eigenvalue weighted by molar-refractivity contribution is 7.89. The number of alkyl carbamates (subject to hydrolysis) is 1. The Balaban J connectivity index is 1.40. The van der Waals surface area contributed by atoms with E-state index in [2.05, 4.69) is 5.32 Å². The molecule has 0 aromatic heterocycles. The number of nitrogens with one attached hydrogen (secondary N) is 1. The lowest BCUT2D eigenvalue weighted by Gasteiger charge is -2.40. The second-order valence-electron chi connectivity index (χ2n) is 14.1. The number of carbonyl (C=O) groups is 2. The van der Waals surface area contributed by atoms with E-state index < -0.39 is 58.6 Å². The number of aliphatic hydroxyl groups excluding tert-OH is 1. The number of carboxylic acid groups (broad SMARTS) is 1. The summed E-state index contributed by atoms with van der Waals surface area (Å²) in [7, 11) is -4.26. The Morgan fingerprint density at radius 1 is 1.08 bits per heavy atom. The minimum Gasteiger partial charge on any atom is -0.465 e. The average Bonchev–Trinajstić information content (AvgIpc) is 3.85. The molecule has 0 bridgehead atoms. The van der Waals surface area contributed by atoms with Crippen molar-refractivity contribution in [3.63, 3.8) is 0 Å². The highest BCUT2D eigenvalue weighted by Crippen LogP contribution is 2.38. The molecular weight excluding hydrogens is 682 g/mol. The maximum atomic E-state index is 14.5. The van der Waals surface area contributed by atoms with Gasteiger partial charge in [-0.3, -0.25) is 4.90 Å². The lowest BCUT2D eigenvalue weighted by Crippen LogP contribution is -2.58. The molecule has 0 unspecified atom stereocenters. The summed E-state index contributed by atoms with van der Waals surface area (Å²) in [6.45, 7) is 6.63. The Bertz CT molecular complexity index is 1580. The van der Waals surface area contributed by atoms with E-state index in [9.17, 15) is 28.2 Å². The van der Waals surface area contributed by atoms with Crippen LogP contribution >= 0.6 is 0 Å². The third kappa shape index (κ3) is 9.83. The molecule has 3 heterocycles. The van der Waals surface area contributed by atoms with Crippen LogP contribution in [0.2, 0.25) is 0 Å². The number of rotatable bonds is 18. The molecule has 5 rings (SSSR count). The summed E-state index contributed by atoms with van der Waals surface area (Å²) in [6.07, 6.45) is -0.173. The van der Waals surface area contributed by atoms with Gasteiger partial charge in [-0.25, -0.2) is 18.0 Å². The van der Waals surface area contributed by atoms with Gasteiger partial charge in [-0.2, -0.15) is 4.31 Å². The molecule has 51 heavy (non-hydrogen) atoms. The molecule has 0 saturated carbocycles. The number of sulfonamides is 1. The molecule has 3 aliphatic rings. The smallest absolute Gasteiger partial charge is 0.407 e. The van der Waals surface area contributed by atoms with E-state index in [-0.39, 0.29) is 43.8 Å². The summed E-state index contributed by atoms with van der Waals surface area (Å²) in [5.74, 6) is 0.501. The fraction of sp³-hybridized carbons (Fsp3) is 0.611. The molecule has 14 nitrogen and oxygen atoms in total. The van der Waals surface area contributed by atoms with Crippen LogP contribution in [0, 0.1) is 11.3 Å². The van der Waals surface area contributed by atoms with Crippen molar-refractivity contribution in [1.82, 2.24) is 14.5 Å². The molecule has 282 valence electrons. The molecule has 0 radical (unpaired) electrons. The molecule has 2 aromatic rings. The molecule has 3 N–H and O–H groups in total. The van der Waals surface area contributed by atoms with Crippen LogP contribution in [0.4, 0.5) is 9.59 Å². The van der Waals surface area contributed by atoms with Crippen LogP contribution < -0.4 is 14.8 Å². The minimum absolute atomic E-state index is 0.0141. The fourth-order valence-electron chi connectivity index (χ4n) is 6.99. The number of benzene rings is 2. The summed E-state index contributed by atoms with van der Waals surface area (Å²) >= 11 is 0. The minimum atomic E-state index is -4.26. The van der Waals surface area contributed by atoms with Gasteiger partial charge in [-0.15, -0.1) is 0 Å². The Morgan fingerprint density at radius 3 is 2.59 bits per heavy atom. The van der Waals surface area contributed by atoms with Crippen molar-refractivity contribution in [1.29, 1.82) is 0 Å². The highest BCUT2D eigenvalue weighted by atomic mass is 32.2. The maximum absolute atomic E-state index is 14.5. The van der Waals surface area contributed by atoms with Gasteiger partial charge in [0.1, 0.15) is 0 Å². The monoisotopic (exact) mass is 733 g/mol. The lowest BCUT2D eigenvalue weighted by molar-refractivity contribution is -0.0906. The molecule has 3 aliphatic heterocycles. The lowest BCUT2D eigenvalue weighted by atomic mass is 9.87. The third-order valence-corrected chi connectivity index (χ3v) is 11.5. The number of carbonyl (C=O) groups excluding carboxylic acids is 1. The van der Waals surface area contributed by atoms with Crippen molar-refractivity contribution in [3.8, 4) is 11.5 Å². The molecule has 2 saturated heterocycles. The van der Waals surface area contributed by atoms with Gasteiger partial charge in [0.2, 0.25) is 16.8 Å². The first-order valence-corrected chi connectivity index (χ1v) is 19.1. The number of fused-ring (bicyclic) bond motifs is 2. The van der Waals surface area contributed by atoms with Gasteiger partial charge in [-0.1, -0.05) is 57.5 Å². The Labute approximate surface area is 300 Å². The summed E-state index contributed by atoms with van der Waals surface area (Å²) in [5.41, 5.74) is 0.149. The predicted molar refractivity (Wildman–Crippen MR) is 186 cm³/mol. The Kier molecular flexibility index (Phi) is 13.1. The molecule has 0 aliphatic carbocycles. The van der Waals surface area contributed by atoms with E-state index in [4.69, 9.17) is 23.7 Å². The molecule has 15 heteroatoms. The quantitative estimate of drug-likeness (QED) is 0.185. The number of unbranched alkanes of at least 4 members (excludes halogenated alkanes) is 1. The summed E-state index contributed by atoms with van der Waals surface area (Å²) in [4.78, 5) is 26.3. The zero-order valence-electron chi connectivity index (χ0n) is 29.6. The summed E-state index contributed by atoms with van der Waals surface area (Å²) < 4.78 is 57.8. The van der Waals surface area contributed by atoms with E-state index in [1.165, 1.54) is 27.4 Å². The average molecular weight is 734 g/mol. The normalized spacial score (nSPS) is 20.9. The molecule has 0 spiro atoms. The second kappa shape index (κ2) is 17.3. The van der Waals surface area contributed by atoms with E-state index in [1.807, 2.05) is 51.1 Å². The van der Waals surface area contributed by atoms with Gasteiger partial charge >= 0.3 is 12.2 Å². The summed E-state index contributed by atoms with van der Waals surface area (Å²) in [5, 5.41) is 25.4. The van der Waals surface area contributed by atoms with Gasteiger partial charge in [0.15, 0.2) is 17.8 Å². The molecule has 2 aromatic carbocycles. The Morgan fingerprint density at radius 2 is 1.84 bits per heavy atom. The van der Waals surface area contributed by atoms with E-state index in [0.29, 0.717) is 43.9 Å². The van der Waals surface area contributed by atoms with Crippen molar-refractivity contribution >= 4 is 22.2 Å². The number of nitrogens with zero attached hydrogens (tertiary/aromatic N) is 2. The number of hydrogen-bond acceptors (Lipinski definition) is 10. The van der Waals surface area contributed by atoms with Crippen molar-refractivity contribution in [3.05, 3.63) is 54.1 Å². The van der Waals surface area contributed by atoms with Crippen LogP contribution in [0.15, 0.2) is 53.4 Å². The van der Waals surface area contributed by atoms with Crippen molar-refractivity contribution < 1.29 is 51.9 Å². The van der Waals surface area contributed by atoms with Crippen molar-refractivity contribution in [2.24, 2.45) is 11.3 Å². The number of amides is 2. The zero-order chi connectivity index (χ0) is 36.6. The van der Waals surface area contributed by atoms with Crippen LogP contribution in [0.1, 0.15) is 58.4 Å². The van der Waals surface area contributed by atoms with E-state index in [1.54, 1.807) is 0 Å². The van der Waals surface area contributed by atoms with E-state index >= 15 is 0 Å². The predicted octanol–water partition coefficient (Wildman–Crippen LogP) is 4.45. The fourth-order valence-corrected chi connectivity index (χ4v) is 8.65. The van der Waals surface area contributed by atoms with Crippen LogP contribution in [0.3, 0.4) is 0 Å². The van der Waals surface area contributed by atoms with Crippen molar-refractivity contribution in [2.75, 3.05) is 46.2 Å².